The molecule has 0 unspecified atom stereocenters. The van der Waals surface area contributed by atoms with Crippen molar-refractivity contribution in [1.82, 2.24) is 0 Å². The van der Waals surface area contributed by atoms with Gasteiger partial charge in [0.15, 0.2) is 0 Å². The van der Waals surface area contributed by atoms with E-state index in [0.29, 0.717) is 0 Å². The highest BCUT2D eigenvalue weighted by molar-refractivity contribution is 5.96. The Kier molecular flexibility index (Phi) is 8.67. The fourth-order valence-electron chi connectivity index (χ4n) is 12.0. The summed E-state index contributed by atoms with van der Waals surface area (Å²) in [4.78, 5) is 2.44. The van der Waals surface area contributed by atoms with Crippen molar-refractivity contribution in [2.45, 2.75) is 38.5 Å². The maximum Gasteiger partial charge on any atom is 0.0726 e. The van der Waals surface area contributed by atoms with Crippen molar-refractivity contribution < 1.29 is 0 Å². The predicted molar refractivity (Wildman–Crippen MR) is 281 cm³/mol. The second-order valence-electron chi connectivity index (χ2n) is 19.4. The molecule has 67 heavy (non-hydrogen) atoms. The smallest absolute Gasteiger partial charge is 0.0726 e. The number of fused-ring (bicyclic) bond motifs is 13. The van der Waals surface area contributed by atoms with Crippen molar-refractivity contribution in [3.05, 3.63) is 269 Å². The van der Waals surface area contributed by atoms with Crippen LogP contribution in [-0.2, 0) is 10.8 Å². The van der Waals surface area contributed by atoms with Crippen LogP contribution in [0, 0.1) is 13.8 Å². The van der Waals surface area contributed by atoms with Crippen LogP contribution < -0.4 is 4.90 Å². The Morgan fingerprint density at radius 3 is 1.34 bits per heavy atom. The molecule has 3 aliphatic rings. The molecule has 1 heteroatoms. The van der Waals surface area contributed by atoms with E-state index in [1.54, 1.807) is 0 Å². The van der Waals surface area contributed by atoms with E-state index in [9.17, 15) is 0 Å². The minimum Gasteiger partial charge on any atom is -0.310 e. The highest BCUT2D eigenvalue weighted by atomic mass is 15.1. The quantitative estimate of drug-likeness (QED) is 0.161. The van der Waals surface area contributed by atoms with Crippen LogP contribution in [-0.4, -0.2) is 0 Å². The fourth-order valence-corrected chi connectivity index (χ4v) is 12.0. The van der Waals surface area contributed by atoms with E-state index in [2.05, 4.69) is 257 Å². The number of rotatable bonds is 6. The van der Waals surface area contributed by atoms with E-state index in [4.69, 9.17) is 0 Å². The molecule has 10 aromatic carbocycles. The number of benzene rings is 10. The van der Waals surface area contributed by atoms with Crippen molar-refractivity contribution in [1.29, 1.82) is 0 Å². The Bertz CT molecular complexity index is 3550. The molecular weight excluding hydrogens is 807 g/mol. The minimum atomic E-state index is -0.429. The van der Waals surface area contributed by atoms with Crippen LogP contribution >= 0.6 is 0 Å². The lowest BCUT2D eigenvalue weighted by Crippen LogP contribution is -2.26. The van der Waals surface area contributed by atoms with Crippen molar-refractivity contribution >= 4 is 17.1 Å². The molecule has 0 heterocycles. The summed E-state index contributed by atoms with van der Waals surface area (Å²) < 4.78 is 0. The molecule has 0 aromatic heterocycles. The highest BCUT2D eigenvalue weighted by Gasteiger charge is 2.51. The Labute approximate surface area is 394 Å². The van der Waals surface area contributed by atoms with E-state index >= 15 is 0 Å². The lowest BCUT2D eigenvalue weighted by atomic mass is 9.70. The first-order valence-corrected chi connectivity index (χ1v) is 23.7. The first-order valence-electron chi connectivity index (χ1n) is 23.7. The van der Waals surface area contributed by atoms with Crippen LogP contribution in [0.1, 0.15) is 58.4 Å². The fraction of sp³-hybridized carbons (Fsp3) is 0.0909. The molecule has 13 rings (SSSR count). The Morgan fingerprint density at radius 1 is 0.284 bits per heavy atom. The third-order valence-electron chi connectivity index (χ3n) is 15.3. The standard InChI is InChI=1S/C66H49N/c1-42-22-35-55-56-36-29-48(40-63(56)65(3,4)62(55)38-42)47-24-23-43(2)58(39-47)46-27-32-50(33-28-46)67(49-30-25-45(26-31-49)44-14-6-5-7-15-44)51-34-37-57-54-18-10-13-21-61(54)66(64(57)41-51)59-19-11-8-16-52(59)53-17-9-12-20-60(53)66/h5-41H,1-4H3. The van der Waals surface area contributed by atoms with Gasteiger partial charge in [0.05, 0.1) is 5.41 Å². The normalized spacial score (nSPS) is 13.9. The molecule has 1 nitrogen and oxygen atoms in total. The molecule has 0 bridgehead atoms. The Morgan fingerprint density at radius 2 is 0.716 bits per heavy atom. The monoisotopic (exact) mass is 855 g/mol. The summed E-state index contributed by atoms with van der Waals surface area (Å²) in [5.74, 6) is 0. The molecule has 0 atom stereocenters. The zero-order valence-electron chi connectivity index (χ0n) is 38.3. The first kappa shape index (κ1) is 39.4. The maximum atomic E-state index is 2.48. The van der Waals surface area contributed by atoms with Crippen LogP contribution in [0.5, 0.6) is 0 Å². The predicted octanol–water partition coefficient (Wildman–Crippen LogP) is 17.4. The van der Waals surface area contributed by atoms with Crippen molar-refractivity contribution in [3.8, 4) is 66.8 Å². The zero-order chi connectivity index (χ0) is 45.0. The van der Waals surface area contributed by atoms with Gasteiger partial charge in [0.2, 0.25) is 0 Å². The van der Waals surface area contributed by atoms with Gasteiger partial charge in [-0.05, 0) is 168 Å². The maximum absolute atomic E-state index is 2.48. The van der Waals surface area contributed by atoms with E-state index in [1.807, 2.05) is 0 Å². The van der Waals surface area contributed by atoms with Gasteiger partial charge in [0.25, 0.3) is 0 Å². The molecule has 3 aliphatic carbocycles. The lowest BCUT2D eigenvalue weighted by Gasteiger charge is -2.32. The van der Waals surface area contributed by atoms with Crippen LogP contribution in [0.4, 0.5) is 17.1 Å². The Balaban J connectivity index is 0.929. The SMILES string of the molecule is Cc1ccc2c(c1)C(C)(C)c1cc(-c3ccc(C)c(-c4ccc(N(c5ccc(-c6ccccc6)cc5)c5ccc6c(c5)C5(c7ccccc7-c7ccccc75)c5ccccc5-6)cc4)c3)ccc1-2. The van der Waals surface area contributed by atoms with E-state index < -0.39 is 5.41 Å². The van der Waals surface area contributed by atoms with Crippen LogP contribution in [0.25, 0.3) is 66.8 Å². The van der Waals surface area contributed by atoms with Gasteiger partial charge < -0.3 is 4.90 Å². The highest BCUT2D eigenvalue weighted by Crippen LogP contribution is 2.63. The second-order valence-corrected chi connectivity index (χ2v) is 19.4. The molecule has 0 aliphatic heterocycles. The summed E-state index contributed by atoms with van der Waals surface area (Å²) in [6.07, 6.45) is 0. The van der Waals surface area contributed by atoms with Crippen molar-refractivity contribution in [3.63, 3.8) is 0 Å². The number of hydrogen-bond acceptors (Lipinski definition) is 1. The molecule has 0 N–H and O–H groups in total. The first-order chi connectivity index (χ1) is 32.8. The van der Waals surface area contributed by atoms with Gasteiger partial charge >= 0.3 is 0 Å². The van der Waals surface area contributed by atoms with Crippen molar-refractivity contribution in [2.24, 2.45) is 0 Å². The van der Waals surface area contributed by atoms with Crippen LogP contribution in [0.2, 0.25) is 0 Å². The topological polar surface area (TPSA) is 3.24 Å². The third kappa shape index (κ3) is 5.81. The average molecular weight is 856 g/mol. The molecule has 0 amide bonds. The van der Waals surface area contributed by atoms with Crippen LogP contribution in [0.3, 0.4) is 0 Å². The lowest BCUT2D eigenvalue weighted by molar-refractivity contribution is 0.660. The van der Waals surface area contributed by atoms with Crippen LogP contribution in [0.15, 0.2) is 224 Å². The second kappa shape index (κ2) is 14.8. The number of anilines is 3. The van der Waals surface area contributed by atoms with Gasteiger partial charge in [0, 0.05) is 22.5 Å². The van der Waals surface area contributed by atoms with Gasteiger partial charge in [-0.3, -0.25) is 0 Å². The summed E-state index contributed by atoms with van der Waals surface area (Å²) in [7, 11) is 0. The van der Waals surface area contributed by atoms with Crippen molar-refractivity contribution in [2.75, 3.05) is 4.90 Å². The number of hydrogen-bond donors (Lipinski definition) is 0. The molecule has 10 aromatic rings. The number of aryl methyl sites for hydroxylation is 2. The molecule has 1 spiro atoms. The third-order valence-corrected chi connectivity index (χ3v) is 15.3. The molecule has 0 saturated carbocycles. The number of nitrogens with zero attached hydrogens (tertiary/aromatic N) is 1. The van der Waals surface area contributed by atoms with E-state index in [1.165, 1.54) is 111 Å². The summed E-state index contributed by atoms with van der Waals surface area (Å²) in [5.41, 5.74) is 28.9. The average Bonchev–Trinajstić information content (AvgIpc) is 3.92. The van der Waals surface area contributed by atoms with E-state index in [-0.39, 0.29) is 5.41 Å². The van der Waals surface area contributed by atoms with E-state index in [0.717, 1.165) is 17.1 Å². The molecular formula is C66H49N. The van der Waals surface area contributed by atoms with Gasteiger partial charge in [-0.25, -0.2) is 0 Å². The van der Waals surface area contributed by atoms with Gasteiger partial charge in [-0.15, -0.1) is 0 Å². The molecule has 318 valence electrons. The minimum absolute atomic E-state index is 0.0563. The summed E-state index contributed by atoms with van der Waals surface area (Å²) in [6.45, 7) is 9.17. The molecule has 0 radical (unpaired) electrons. The van der Waals surface area contributed by atoms with Gasteiger partial charge in [-0.2, -0.15) is 0 Å². The van der Waals surface area contributed by atoms with Gasteiger partial charge in [0.1, 0.15) is 0 Å². The Hall–Kier alpha value is -8.00. The largest absolute Gasteiger partial charge is 0.310 e. The molecule has 0 fully saturated rings. The summed E-state index contributed by atoms with van der Waals surface area (Å²) in [6, 6.07) is 84.3. The summed E-state index contributed by atoms with van der Waals surface area (Å²) in [5, 5.41) is 0. The summed E-state index contributed by atoms with van der Waals surface area (Å²) >= 11 is 0. The van der Waals surface area contributed by atoms with Gasteiger partial charge in [-0.1, -0.05) is 195 Å². The zero-order valence-corrected chi connectivity index (χ0v) is 38.3. The molecule has 0 saturated heterocycles.